The Morgan fingerprint density at radius 1 is 1.06 bits per heavy atom. The highest BCUT2D eigenvalue weighted by atomic mass is 32.2. The number of methoxy groups -OCH3 is 1. The predicted molar refractivity (Wildman–Crippen MR) is 120 cm³/mol. The Balaban J connectivity index is 1.67. The van der Waals surface area contributed by atoms with Gasteiger partial charge in [0.15, 0.2) is 11.5 Å². The van der Waals surface area contributed by atoms with E-state index < -0.39 is 28.3 Å². The Morgan fingerprint density at radius 2 is 1.79 bits per heavy atom. The van der Waals surface area contributed by atoms with Gasteiger partial charge in [-0.2, -0.15) is 0 Å². The third-order valence-corrected chi connectivity index (χ3v) is 6.74. The summed E-state index contributed by atoms with van der Waals surface area (Å²) in [5.74, 6) is 0.0155. The maximum Gasteiger partial charge on any atom is 0.268 e. The van der Waals surface area contributed by atoms with Crippen molar-refractivity contribution < 1.29 is 31.8 Å². The fourth-order valence-corrected chi connectivity index (χ4v) is 5.00. The summed E-state index contributed by atoms with van der Waals surface area (Å²) in [6.45, 7) is 1.27. The first kappa shape index (κ1) is 22.4. The third kappa shape index (κ3) is 4.70. The number of carbonyl (C=O) groups is 1. The lowest BCUT2D eigenvalue weighted by Crippen LogP contribution is -2.38. The van der Waals surface area contributed by atoms with E-state index in [0.717, 1.165) is 16.4 Å². The number of ether oxygens (including phenoxy) is 3. The molecule has 1 aliphatic heterocycles. The molecule has 4 rings (SSSR count). The molecule has 33 heavy (non-hydrogen) atoms. The Morgan fingerprint density at radius 3 is 2.52 bits per heavy atom. The monoisotopic (exact) mass is 472 g/mol. The van der Waals surface area contributed by atoms with E-state index in [9.17, 15) is 17.6 Å². The molecule has 1 aliphatic rings. The van der Waals surface area contributed by atoms with E-state index in [1.165, 1.54) is 31.4 Å². The van der Waals surface area contributed by atoms with Crippen molar-refractivity contribution in [2.75, 3.05) is 30.1 Å². The fourth-order valence-electron chi connectivity index (χ4n) is 3.33. The van der Waals surface area contributed by atoms with Crippen LogP contribution in [-0.2, 0) is 14.8 Å². The summed E-state index contributed by atoms with van der Waals surface area (Å²) < 4.78 is 57.5. The van der Waals surface area contributed by atoms with Crippen LogP contribution in [0.1, 0.15) is 5.56 Å². The van der Waals surface area contributed by atoms with Crippen LogP contribution in [0.5, 0.6) is 17.2 Å². The zero-order valence-electron chi connectivity index (χ0n) is 17.9. The molecule has 1 amide bonds. The van der Waals surface area contributed by atoms with Gasteiger partial charge < -0.3 is 19.5 Å². The molecular formula is C23H21FN2O6S. The van der Waals surface area contributed by atoms with Crippen LogP contribution in [0, 0.1) is 12.7 Å². The minimum absolute atomic E-state index is 0.0850. The number of aryl methyl sites for hydroxylation is 1. The number of hydrogen-bond donors (Lipinski definition) is 1. The van der Waals surface area contributed by atoms with E-state index in [-0.39, 0.29) is 23.1 Å². The van der Waals surface area contributed by atoms with Crippen LogP contribution < -0.4 is 23.8 Å². The number of halogens is 1. The molecule has 1 N–H and O–H groups in total. The number of sulfonamides is 1. The first-order valence-electron chi connectivity index (χ1n) is 9.90. The molecule has 0 spiro atoms. The van der Waals surface area contributed by atoms with Crippen molar-refractivity contribution in [3.63, 3.8) is 0 Å². The summed E-state index contributed by atoms with van der Waals surface area (Å²) >= 11 is 0. The smallest absolute Gasteiger partial charge is 0.268 e. The van der Waals surface area contributed by atoms with Gasteiger partial charge in [0.1, 0.15) is 23.0 Å². The predicted octanol–water partition coefficient (Wildman–Crippen LogP) is 3.71. The molecule has 0 saturated carbocycles. The van der Waals surface area contributed by atoms with Gasteiger partial charge in [-0.3, -0.25) is 9.10 Å². The van der Waals surface area contributed by atoms with Gasteiger partial charge >= 0.3 is 0 Å². The van der Waals surface area contributed by atoms with Gasteiger partial charge in [0.2, 0.25) is 12.7 Å². The highest BCUT2D eigenvalue weighted by Crippen LogP contribution is 2.34. The lowest BCUT2D eigenvalue weighted by molar-refractivity contribution is -0.114. The molecule has 3 aromatic rings. The number of rotatable bonds is 7. The minimum atomic E-state index is -4.25. The summed E-state index contributed by atoms with van der Waals surface area (Å²) in [6.07, 6.45) is 0. The molecule has 0 fully saturated rings. The number of nitrogens with one attached hydrogen (secondary N) is 1. The van der Waals surface area contributed by atoms with Gasteiger partial charge in [-0.25, -0.2) is 12.8 Å². The highest BCUT2D eigenvalue weighted by Gasteiger charge is 2.30. The standard InChI is InChI=1S/C23H21FN2O6S/c1-15-3-9-20(30-2)22(11-15)33(28,29)26(18-7-4-16(24)5-8-18)13-23(27)25-17-6-10-19-21(12-17)32-14-31-19/h3-12H,13-14H2,1-2H3,(H,25,27). The average Bonchev–Trinajstić information content (AvgIpc) is 3.26. The van der Waals surface area contributed by atoms with Crippen molar-refractivity contribution in [3.8, 4) is 17.2 Å². The van der Waals surface area contributed by atoms with E-state index in [4.69, 9.17) is 14.2 Å². The largest absolute Gasteiger partial charge is 0.495 e. The zero-order chi connectivity index (χ0) is 23.6. The molecule has 0 saturated heterocycles. The Bertz CT molecular complexity index is 1290. The maximum absolute atomic E-state index is 13.6. The number of carbonyl (C=O) groups excluding carboxylic acids is 1. The van der Waals surface area contributed by atoms with Crippen LogP contribution in [-0.4, -0.2) is 34.8 Å². The number of amides is 1. The Labute approximate surface area is 190 Å². The third-order valence-electron chi connectivity index (χ3n) is 4.95. The molecule has 0 radical (unpaired) electrons. The van der Waals surface area contributed by atoms with E-state index in [1.54, 1.807) is 31.2 Å². The van der Waals surface area contributed by atoms with Gasteiger partial charge in [0.25, 0.3) is 10.0 Å². The topological polar surface area (TPSA) is 94.2 Å². The summed E-state index contributed by atoms with van der Waals surface area (Å²) in [6, 6.07) is 14.4. The van der Waals surface area contributed by atoms with Gasteiger partial charge in [-0.05, 0) is 61.0 Å². The average molecular weight is 472 g/mol. The summed E-state index contributed by atoms with van der Waals surface area (Å²) in [7, 11) is -2.89. The summed E-state index contributed by atoms with van der Waals surface area (Å²) in [4.78, 5) is 12.8. The van der Waals surface area contributed by atoms with Crippen molar-refractivity contribution in [3.05, 3.63) is 72.0 Å². The van der Waals surface area contributed by atoms with Crippen LogP contribution >= 0.6 is 0 Å². The quantitative estimate of drug-likeness (QED) is 0.564. The first-order valence-corrected chi connectivity index (χ1v) is 11.3. The molecule has 0 aliphatic carbocycles. The molecule has 0 atom stereocenters. The number of anilines is 2. The number of benzene rings is 3. The van der Waals surface area contributed by atoms with Gasteiger partial charge in [0.05, 0.1) is 12.8 Å². The SMILES string of the molecule is COc1ccc(C)cc1S(=O)(=O)N(CC(=O)Nc1ccc2c(c1)OCO2)c1ccc(F)cc1. The molecule has 8 nitrogen and oxygen atoms in total. The van der Waals surface area contributed by atoms with Crippen molar-refractivity contribution in [2.24, 2.45) is 0 Å². The molecule has 0 aromatic heterocycles. The lowest BCUT2D eigenvalue weighted by atomic mass is 10.2. The molecule has 0 bridgehead atoms. The first-order chi connectivity index (χ1) is 15.8. The molecular weight excluding hydrogens is 451 g/mol. The summed E-state index contributed by atoms with van der Waals surface area (Å²) in [5.41, 5.74) is 1.23. The van der Waals surface area contributed by atoms with Crippen molar-refractivity contribution in [2.45, 2.75) is 11.8 Å². The van der Waals surface area contributed by atoms with E-state index in [2.05, 4.69) is 5.32 Å². The Hall–Kier alpha value is -3.79. The van der Waals surface area contributed by atoms with Crippen LogP contribution in [0.25, 0.3) is 0 Å². The normalized spacial score (nSPS) is 12.3. The molecule has 0 unspecified atom stereocenters. The molecule has 3 aromatic carbocycles. The zero-order valence-corrected chi connectivity index (χ0v) is 18.7. The molecule has 10 heteroatoms. The molecule has 1 heterocycles. The number of hydrogen-bond acceptors (Lipinski definition) is 6. The fraction of sp³-hybridized carbons (Fsp3) is 0.174. The molecule has 172 valence electrons. The second kappa shape index (κ2) is 8.99. The van der Waals surface area contributed by atoms with Crippen molar-refractivity contribution in [1.82, 2.24) is 0 Å². The Kier molecular flexibility index (Phi) is 6.10. The van der Waals surface area contributed by atoms with Gasteiger partial charge in [-0.15, -0.1) is 0 Å². The minimum Gasteiger partial charge on any atom is -0.495 e. The van der Waals surface area contributed by atoms with E-state index >= 15 is 0 Å². The maximum atomic E-state index is 13.6. The van der Waals surface area contributed by atoms with Gasteiger partial charge in [-0.1, -0.05) is 6.07 Å². The second-order valence-corrected chi connectivity index (χ2v) is 9.09. The highest BCUT2D eigenvalue weighted by molar-refractivity contribution is 7.93. The van der Waals surface area contributed by atoms with Crippen LogP contribution in [0.15, 0.2) is 65.6 Å². The number of nitrogens with zero attached hydrogens (tertiary/aromatic N) is 1. The second-order valence-electron chi connectivity index (χ2n) is 7.26. The van der Waals surface area contributed by atoms with E-state index in [1.807, 2.05) is 0 Å². The lowest BCUT2D eigenvalue weighted by Gasteiger charge is -2.25. The van der Waals surface area contributed by atoms with Crippen LogP contribution in [0.2, 0.25) is 0 Å². The van der Waals surface area contributed by atoms with Crippen LogP contribution in [0.4, 0.5) is 15.8 Å². The number of fused-ring (bicyclic) bond motifs is 1. The van der Waals surface area contributed by atoms with Crippen molar-refractivity contribution in [1.29, 1.82) is 0 Å². The van der Waals surface area contributed by atoms with Crippen LogP contribution in [0.3, 0.4) is 0 Å². The van der Waals surface area contributed by atoms with E-state index in [0.29, 0.717) is 22.7 Å². The summed E-state index contributed by atoms with van der Waals surface area (Å²) in [5, 5.41) is 2.66. The van der Waals surface area contributed by atoms with Crippen molar-refractivity contribution >= 4 is 27.3 Å². The van der Waals surface area contributed by atoms with Gasteiger partial charge in [0, 0.05) is 11.8 Å².